The van der Waals surface area contributed by atoms with Gasteiger partial charge in [-0.25, -0.2) is 0 Å². The first-order valence-electron chi connectivity index (χ1n) is 7.75. The third-order valence-electron chi connectivity index (χ3n) is 3.58. The third kappa shape index (κ3) is 4.32. The van der Waals surface area contributed by atoms with Crippen molar-refractivity contribution in [1.29, 1.82) is 5.26 Å². The number of H-pyrrole nitrogens is 1. The molecular weight excluding hydrogens is 318 g/mol. The molecule has 1 aromatic carbocycles. The van der Waals surface area contributed by atoms with Gasteiger partial charge in [-0.15, -0.1) is 0 Å². The second-order valence-corrected chi connectivity index (χ2v) is 5.70. The fourth-order valence-electron chi connectivity index (χ4n) is 2.19. The van der Waals surface area contributed by atoms with Gasteiger partial charge in [-0.1, -0.05) is 32.6 Å². The van der Waals surface area contributed by atoms with Crippen LogP contribution in [-0.4, -0.2) is 22.0 Å². The summed E-state index contributed by atoms with van der Waals surface area (Å²) in [5, 5.41) is 21.4. The van der Waals surface area contributed by atoms with Crippen molar-refractivity contribution in [2.75, 3.05) is 5.32 Å². The topological polar surface area (TPSA) is 111 Å². The normalized spacial score (nSPS) is 10.2. The van der Waals surface area contributed by atoms with Gasteiger partial charge in [0.1, 0.15) is 11.6 Å². The highest BCUT2D eigenvalue weighted by Crippen LogP contribution is 2.22. The van der Waals surface area contributed by atoms with Crippen LogP contribution in [0, 0.1) is 11.3 Å². The van der Waals surface area contributed by atoms with Crippen LogP contribution in [0.2, 0.25) is 0 Å². The van der Waals surface area contributed by atoms with Crippen LogP contribution >= 0.6 is 0 Å². The zero-order valence-electron chi connectivity index (χ0n) is 14.1. The highest BCUT2D eigenvalue weighted by molar-refractivity contribution is 6.04. The van der Waals surface area contributed by atoms with E-state index >= 15 is 0 Å². The number of aromatic amines is 1. The minimum atomic E-state index is -0.361. The van der Waals surface area contributed by atoms with Crippen LogP contribution in [0.15, 0.2) is 36.9 Å². The van der Waals surface area contributed by atoms with Crippen LogP contribution in [-0.2, 0) is 11.3 Å². The molecule has 0 aliphatic heterocycles. The molecule has 128 valence electrons. The summed E-state index contributed by atoms with van der Waals surface area (Å²) in [5.74, 6) is -0.304. The number of benzene rings is 1. The summed E-state index contributed by atoms with van der Waals surface area (Å²) < 4.78 is 0. The van der Waals surface area contributed by atoms with Gasteiger partial charge in [0, 0.05) is 12.1 Å². The molecule has 2 rings (SSSR count). The Labute approximate surface area is 145 Å². The lowest BCUT2D eigenvalue weighted by molar-refractivity contribution is -0.116. The van der Waals surface area contributed by atoms with Crippen molar-refractivity contribution in [3.8, 4) is 6.07 Å². The van der Waals surface area contributed by atoms with Gasteiger partial charge < -0.3 is 10.6 Å². The number of amides is 2. The van der Waals surface area contributed by atoms with Gasteiger partial charge >= 0.3 is 0 Å². The second kappa shape index (κ2) is 7.93. The van der Waals surface area contributed by atoms with Gasteiger partial charge in [0.2, 0.25) is 5.91 Å². The monoisotopic (exact) mass is 337 g/mol. The van der Waals surface area contributed by atoms with Gasteiger partial charge in [-0.05, 0) is 29.7 Å². The van der Waals surface area contributed by atoms with Crippen molar-refractivity contribution in [3.05, 3.63) is 59.3 Å². The molecule has 0 aliphatic carbocycles. The fraction of sp³-hybridized carbons (Fsp3) is 0.222. The van der Waals surface area contributed by atoms with Crippen molar-refractivity contribution < 1.29 is 9.59 Å². The van der Waals surface area contributed by atoms with Crippen LogP contribution in [0.25, 0.3) is 0 Å². The van der Waals surface area contributed by atoms with E-state index in [1.54, 1.807) is 24.3 Å². The van der Waals surface area contributed by atoms with E-state index in [4.69, 9.17) is 0 Å². The molecule has 7 nitrogen and oxygen atoms in total. The van der Waals surface area contributed by atoms with Crippen molar-refractivity contribution in [1.82, 2.24) is 15.5 Å². The molecule has 0 aliphatic rings. The molecule has 3 N–H and O–H groups in total. The van der Waals surface area contributed by atoms with E-state index in [9.17, 15) is 14.9 Å². The lowest BCUT2D eigenvalue weighted by Gasteiger charge is -2.06. The second-order valence-electron chi connectivity index (χ2n) is 5.70. The summed E-state index contributed by atoms with van der Waals surface area (Å²) in [5.41, 5.74) is 2.31. The number of carbonyl (C=O) groups excluding carboxylic acids is 2. The maximum absolute atomic E-state index is 12.3. The van der Waals surface area contributed by atoms with E-state index in [-0.39, 0.29) is 23.6 Å². The zero-order valence-corrected chi connectivity index (χ0v) is 14.1. The molecule has 0 bridgehead atoms. The highest BCUT2D eigenvalue weighted by Gasteiger charge is 2.17. The maximum Gasteiger partial charge on any atom is 0.256 e. The molecule has 0 atom stereocenters. The van der Waals surface area contributed by atoms with E-state index < -0.39 is 0 Å². The van der Waals surface area contributed by atoms with Gasteiger partial charge in [0.05, 0.1) is 5.69 Å². The lowest BCUT2D eigenvalue weighted by atomic mass is 10.1. The number of nitrogens with one attached hydrogen (secondary N) is 3. The van der Waals surface area contributed by atoms with Gasteiger partial charge in [0.25, 0.3) is 5.91 Å². The summed E-state index contributed by atoms with van der Waals surface area (Å²) in [4.78, 5) is 23.5. The summed E-state index contributed by atoms with van der Waals surface area (Å²) >= 11 is 0. The number of rotatable bonds is 6. The predicted octanol–water partition coefficient (Wildman–Crippen LogP) is 2.46. The number of nitriles is 1. The fourth-order valence-corrected chi connectivity index (χ4v) is 2.19. The molecule has 0 unspecified atom stereocenters. The average molecular weight is 337 g/mol. The van der Waals surface area contributed by atoms with Gasteiger partial charge in [-0.2, -0.15) is 10.4 Å². The molecule has 25 heavy (non-hydrogen) atoms. The van der Waals surface area contributed by atoms with E-state index in [0.717, 1.165) is 5.56 Å². The van der Waals surface area contributed by atoms with E-state index in [1.165, 1.54) is 6.08 Å². The Kier molecular flexibility index (Phi) is 5.69. The molecule has 7 heteroatoms. The summed E-state index contributed by atoms with van der Waals surface area (Å²) in [6.07, 6.45) is 1.20. The summed E-state index contributed by atoms with van der Waals surface area (Å²) in [6.45, 7) is 7.60. The highest BCUT2D eigenvalue weighted by atomic mass is 16.2. The first kappa shape index (κ1) is 17.9. The number of hydrogen-bond acceptors (Lipinski definition) is 4. The van der Waals surface area contributed by atoms with Crippen LogP contribution < -0.4 is 10.6 Å². The number of aromatic nitrogens is 2. The maximum atomic E-state index is 12.3. The van der Waals surface area contributed by atoms with Crippen LogP contribution in [0.4, 0.5) is 5.82 Å². The third-order valence-corrected chi connectivity index (χ3v) is 3.58. The number of nitrogens with zero attached hydrogens (tertiary/aromatic N) is 2. The molecule has 2 aromatic rings. The lowest BCUT2D eigenvalue weighted by Crippen LogP contribution is -2.20. The van der Waals surface area contributed by atoms with E-state index in [0.29, 0.717) is 23.4 Å². The number of anilines is 1. The zero-order chi connectivity index (χ0) is 18.4. The minimum absolute atomic E-state index is 0.0952. The Balaban J connectivity index is 2.08. The van der Waals surface area contributed by atoms with Gasteiger partial charge in [0.15, 0.2) is 5.82 Å². The quantitative estimate of drug-likeness (QED) is 0.703. The van der Waals surface area contributed by atoms with Crippen molar-refractivity contribution >= 4 is 17.6 Å². The Morgan fingerprint density at radius 3 is 2.60 bits per heavy atom. The Hall–Kier alpha value is -3.40. The number of hydrogen-bond donors (Lipinski definition) is 3. The molecule has 1 heterocycles. The van der Waals surface area contributed by atoms with E-state index in [2.05, 4.69) is 33.5 Å². The SMILES string of the molecule is C=CC(=O)NCc1ccc(C(=O)Nc2n[nH]c(C(C)C)c2C#N)cc1. The summed E-state index contributed by atoms with van der Waals surface area (Å²) in [7, 11) is 0. The smallest absolute Gasteiger partial charge is 0.256 e. The van der Waals surface area contributed by atoms with Crippen molar-refractivity contribution in [2.45, 2.75) is 26.3 Å². The largest absolute Gasteiger partial charge is 0.348 e. The van der Waals surface area contributed by atoms with Crippen LogP contribution in [0.1, 0.15) is 46.9 Å². The molecule has 0 saturated carbocycles. The van der Waals surface area contributed by atoms with Crippen LogP contribution in [0.5, 0.6) is 0 Å². The molecule has 0 radical (unpaired) electrons. The predicted molar refractivity (Wildman–Crippen MR) is 93.8 cm³/mol. The molecular formula is C18H19N5O2. The molecule has 0 fully saturated rings. The molecule has 1 aromatic heterocycles. The minimum Gasteiger partial charge on any atom is -0.348 e. The van der Waals surface area contributed by atoms with Crippen LogP contribution in [0.3, 0.4) is 0 Å². The van der Waals surface area contributed by atoms with E-state index in [1.807, 2.05) is 13.8 Å². The van der Waals surface area contributed by atoms with Crippen molar-refractivity contribution in [2.24, 2.45) is 0 Å². The molecule has 0 spiro atoms. The Morgan fingerprint density at radius 1 is 1.36 bits per heavy atom. The molecule has 0 saturated heterocycles. The molecule has 2 amide bonds. The first-order chi connectivity index (χ1) is 12.0. The standard InChI is InChI=1S/C18H19N5O2/c1-4-15(24)20-10-12-5-7-13(8-6-12)18(25)21-17-14(9-19)16(11(2)3)22-23-17/h4-8,11H,1,10H2,2-3H3,(H,20,24)(H2,21,22,23,25). The Morgan fingerprint density at radius 2 is 2.04 bits per heavy atom. The Bertz CT molecular complexity index is 828. The summed E-state index contributed by atoms with van der Waals surface area (Å²) in [6, 6.07) is 8.85. The number of carbonyl (C=O) groups is 2. The van der Waals surface area contributed by atoms with Gasteiger partial charge in [-0.3, -0.25) is 14.7 Å². The first-order valence-corrected chi connectivity index (χ1v) is 7.75. The van der Waals surface area contributed by atoms with Crippen molar-refractivity contribution in [3.63, 3.8) is 0 Å². The average Bonchev–Trinajstić information content (AvgIpc) is 3.02.